The summed E-state index contributed by atoms with van der Waals surface area (Å²) in [5, 5.41) is 2.50. The molecule has 2 amide bonds. The first kappa shape index (κ1) is 24.9. The van der Waals surface area contributed by atoms with Crippen LogP contribution >= 0.6 is 0 Å². The summed E-state index contributed by atoms with van der Waals surface area (Å²) in [4.78, 5) is 27.7. The number of carbonyl (C=O) groups is 2. The van der Waals surface area contributed by atoms with E-state index in [4.69, 9.17) is 14.9 Å². The summed E-state index contributed by atoms with van der Waals surface area (Å²) in [7, 11) is -0.988. The molecule has 10 nitrogen and oxygen atoms in total. The Morgan fingerprint density at radius 1 is 1.15 bits per heavy atom. The standard InChI is InChI=1S/C23H26N4O6S/c1-15-19(13-21(33-15)34(30,31)27(2)3)23(29)26-10-7-16-5-4-6-18(11-16)32-14-17-8-9-25-20(12-17)22(24)28/h4-6,8-9,11-13H,7,10,14H2,1-3H3,(H2,24,28)(H,26,29). The van der Waals surface area contributed by atoms with E-state index in [1.54, 1.807) is 25.1 Å². The number of sulfonamides is 1. The van der Waals surface area contributed by atoms with Crippen LogP contribution in [-0.2, 0) is 23.1 Å². The van der Waals surface area contributed by atoms with Gasteiger partial charge in [-0.1, -0.05) is 12.1 Å². The van der Waals surface area contributed by atoms with Gasteiger partial charge in [0.2, 0.25) is 5.09 Å². The summed E-state index contributed by atoms with van der Waals surface area (Å²) in [6.45, 7) is 2.11. The molecular formula is C23H26N4O6S. The van der Waals surface area contributed by atoms with Gasteiger partial charge in [0, 0.05) is 32.9 Å². The molecule has 3 aromatic rings. The molecule has 0 atom stereocenters. The van der Waals surface area contributed by atoms with Crippen LogP contribution in [0.2, 0.25) is 0 Å². The molecule has 0 aliphatic rings. The van der Waals surface area contributed by atoms with Crippen molar-refractivity contribution in [3.63, 3.8) is 0 Å². The molecule has 0 radical (unpaired) electrons. The monoisotopic (exact) mass is 486 g/mol. The molecule has 11 heteroatoms. The first-order chi connectivity index (χ1) is 16.1. The van der Waals surface area contributed by atoms with Crippen molar-refractivity contribution in [1.82, 2.24) is 14.6 Å². The van der Waals surface area contributed by atoms with Gasteiger partial charge in [-0.2, -0.15) is 0 Å². The van der Waals surface area contributed by atoms with Gasteiger partial charge in [-0.25, -0.2) is 12.7 Å². The zero-order valence-electron chi connectivity index (χ0n) is 19.1. The molecule has 3 N–H and O–H groups in total. The molecule has 34 heavy (non-hydrogen) atoms. The zero-order valence-corrected chi connectivity index (χ0v) is 19.9. The Bertz CT molecular complexity index is 1300. The van der Waals surface area contributed by atoms with Crippen LogP contribution in [0.3, 0.4) is 0 Å². The van der Waals surface area contributed by atoms with Crippen molar-refractivity contribution >= 4 is 21.8 Å². The fraction of sp³-hybridized carbons (Fsp3) is 0.261. The molecule has 0 aliphatic heterocycles. The maximum Gasteiger partial charge on any atom is 0.275 e. The van der Waals surface area contributed by atoms with Crippen LogP contribution in [-0.4, -0.2) is 50.2 Å². The predicted octanol–water partition coefficient (Wildman–Crippen LogP) is 1.88. The minimum atomic E-state index is -3.77. The number of ether oxygens (including phenoxy) is 1. The molecule has 0 aliphatic carbocycles. The first-order valence-corrected chi connectivity index (χ1v) is 11.8. The smallest absolute Gasteiger partial charge is 0.275 e. The van der Waals surface area contributed by atoms with Gasteiger partial charge in [0.15, 0.2) is 0 Å². The number of benzene rings is 1. The summed E-state index contributed by atoms with van der Waals surface area (Å²) >= 11 is 0. The number of nitrogens with zero attached hydrogens (tertiary/aromatic N) is 2. The maximum atomic E-state index is 12.5. The normalized spacial score (nSPS) is 11.4. The number of hydrogen-bond acceptors (Lipinski definition) is 7. The highest BCUT2D eigenvalue weighted by Crippen LogP contribution is 2.21. The van der Waals surface area contributed by atoms with E-state index in [2.05, 4.69) is 10.3 Å². The number of carbonyl (C=O) groups excluding carboxylic acids is 2. The lowest BCUT2D eigenvalue weighted by molar-refractivity contribution is 0.0951. The van der Waals surface area contributed by atoms with Crippen molar-refractivity contribution < 1.29 is 27.2 Å². The third-order valence-electron chi connectivity index (χ3n) is 4.95. The van der Waals surface area contributed by atoms with Crippen molar-refractivity contribution in [1.29, 1.82) is 0 Å². The van der Waals surface area contributed by atoms with Crippen LogP contribution < -0.4 is 15.8 Å². The topological polar surface area (TPSA) is 145 Å². The highest BCUT2D eigenvalue weighted by atomic mass is 32.2. The molecule has 2 aromatic heterocycles. The number of nitrogens with one attached hydrogen (secondary N) is 1. The lowest BCUT2D eigenvalue weighted by Gasteiger charge is -2.09. The molecule has 0 bridgehead atoms. The SMILES string of the molecule is Cc1oc(S(=O)(=O)N(C)C)cc1C(=O)NCCc1cccc(OCc2ccnc(C(N)=O)c2)c1. The molecule has 180 valence electrons. The van der Waals surface area contributed by atoms with Crippen LogP contribution in [0.5, 0.6) is 5.75 Å². The van der Waals surface area contributed by atoms with Gasteiger partial charge in [-0.05, 0) is 48.7 Å². The van der Waals surface area contributed by atoms with E-state index in [1.807, 2.05) is 18.2 Å². The Kier molecular flexibility index (Phi) is 7.69. The highest BCUT2D eigenvalue weighted by Gasteiger charge is 2.25. The van der Waals surface area contributed by atoms with Crippen molar-refractivity contribution in [3.8, 4) is 5.75 Å². The average molecular weight is 487 g/mol. The molecule has 2 heterocycles. The lowest BCUT2D eigenvalue weighted by atomic mass is 10.1. The number of amides is 2. The van der Waals surface area contributed by atoms with Gasteiger partial charge in [0.1, 0.15) is 23.8 Å². The third-order valence-corrected chi connectivity index (χ3v) is 6.63. The fourth-order valence-corrected chi connectivity index (χ4v) is 3.92. The van der Waals surface area contributed by atoms with Crippen molar-refractivity contribution in [2.45, 2.75) is 25.0 Å². The van der Waals surface area contributed by atoms with Crippen LogP contribution in [0.15, 0.2) is 58.2 Å². The summed E-state index contributed by atoms with van der Waals surface area (Å²) < 4.78 is 36.5. The molecule has 0 saturated carbocycles. The highest BCUT2D eigenvalue weighted by molar-refractivity contribution is 7.88. The second kappa shape index (κ2) is 10.5. The summed E-state index contributed by atoms with van der Waals surface area (Å²) in [6, 6.07) is 12.0. The van der Waals surface area contributed by atoms with Gasteiger partial charge in [0.25, 0.3) is 21.8 Å². The van der Waals surface area contributed by atoms with E-state index in [9.17, 15) is 18.0 Å². The Hall–Kier alpha value is -3.70. The minimum absolute atomic E-state index is 0.171. The average Bonchev–Trinajstić information content (AvgIpc) is 3.20. The molecule has 0 spiro atoms. The molecule has 0 fully saturated rings. The number of aryl methyl sites for hydroxylation is 1. The predicted molar refractivity (Wildman–Crippen MR) is 124 cm³/mol. The number of primary amides is 1. The van der Waals surface area contributed by atoms with Gasteiger partial charge >= 0.3 is 0 Å². The van der Waals surface area contributed by atoms with Crippen molar-refractivity contribution in [2.75, 3.05) is 20.6 Å². The van der Waals surface area contributed by atoms with Gasteiger partial charge in [0.05, 0.1) is 5.56 Å². The van der Waals surface area contributed by atoms with Crippen molar-refractivity contribution in [2.24, 2.45) is 5.73 Å². The fourth-order valence-electron chi connectivity index (χ4n) is 3.06. The number of rotatable bonds is 10. The second-order valence-electron chi connectivity index (χ2n) is 7.68. The number of furan rings is 1. The molecule has 3 rings (SSSR count). The van der Waals surface area contributed by atoms with Crippen LogP contribution in [0.4, 0.5) is 0 Å². The van der Waals surface area contributed by atoms with Crippen molar-refractivity contribution in [3.05, 3.63) is 76.8 Å². The van der Waals surface area contributed by atoms with E-state index < -0.39 is 21.8 Å². The van der Waals surface area contributed by atoms with Crippen LogP contribution in [0.25, 0.3) is 0 Å². The quantitative estimate of drug-likeness (QED) is 0.445. The largest absolute Gasteiger partial charge is 0.489 e. The van der Waals surface area contributed by atoms with Gasteiger partial charge < -0.3 is 20.2 Å². The Morgan fingerprint density at radius 3 is 2.62 bits per heavy atom. The molecule has 0 unspecified atom stereocenters. The van der Waals surface area contributed by atoms with Gasteiger partial charge in [-0.3, -0.25) is 14.6 Å². The van der Waals surface area contributed by atoms with Crippen LogP contribution in [0.1, 0.15) is 37.7 Å². The third kappa shape index (κ3) is 6.00. The minimum Gasteiger partial charge on any atom is -0.489 e. The number of nitrogens with two attached hydrogens (primary N) is 1. The number of aromatic nitrogens is 1. The van der Waals surface area contributed by atoms with Crippen LogP contribution in [0, 0.1) is 6.92 Å². The maximum absolute atomic E-state index is 12.5. The summed E-state index contributed by atoms with van der Waals surface area (Å²) in [6.07, 6.45) is 2.03. The van der Waals surface area contributed by atoms with E-state index >= 15 is 0 Å². The van der Waals surface area contributed by atoms with E-state index in [-0.39, 0.29) is 28.7 Å². The Morgan fingerprint density at radius 2 is 1.91 bits per heavy atom. The summed E-state index contributed by atoms with van der Waals surface area (Å²) in [5.41, 5.74) is 7.28. The van der Waals surface area contributed by atoms with Gasteiger partial charge in [-0.15, -0.1) is 0 Å². The summed E-state index contributed by atoms with van der Waals surface area (Å²) in [5.74, 6) is -0.168. The lowest BCUT2D eigenvalue weighted by Crippen LogP contribution is -2.26. The number of hydrogen-bond donors (Lipinski definition) is 2. The molecule has 0 saturated heterocycles. The Balaban J connectivity index is 1.56. The second-order valence-corrected chi connectivity index (χ2v) is 9.76. The van der Waals surface area contributed by atoms with E-state index in [0.717, 1.165) is 15.4 Å². The van der Waals surface area contributed by atoms with E-state index in [0.29, 0.717) is 18.7 Å². The molecule has 1 aromatic carbocycles. The molecular weight excluding hydrogens is 460 g/mol. The van der Waals surface area contributed by atoms with E-state index in [1.165, 1.54) is 26.4 Å². The first-order valence-electron chi connectivity index (χ1n) is 10.4. The number of pyridine rings is 1. The Labute approximate surface area is 197 Å². The zero-order chi connectivity index (χ0) is 24.9.